The summed E-state index contributed by atoms with van der Waals surface area (Å²) in [6.07, 6.45) is 0. The second-order valence-electron chi connectivity index (χ2n) is 2.73. The summed E-state index contributed by atoms with van der Waals surface area (Å²) < 4.78 is 4.75. The third kappa shape index (κ3) is 3.05. The predicted octanol–water partition coefficient (Wildman–Crippen LogP) is 0.347. The molecule has 0 bridgehead atoms. The lowest BCUT2D eigenvalue weighted by atomic mass is 10.1. The van der Waals surface area contributed by atoms with Crippen molar-refractivity contribution in [3.05, 3.63) is 35.4 Å². The van der Waals surface area contributed by atoms with Crippen LogP contribution in [0.5, 0.6) is 0 Å². The van der Waals surface area contributed by atoms with Crippen LogP contribution in [-0.2, 0) is 23.1 Å². The van der Waals surface area contributed by atoms with E-state index in [4.69, 9.17) is 9.84 Å². The Morgan fingerprint density at radius 1 is 1.36 bits per heavy atom. The van der Waals surface area contributed by atoms with E-state index in [-0.39, 0.29) is 13.2 Å². The Balaban J connectivity index is 2.62. The smallest absolute Gasteiger partial charge is 0.338 e. The molecule has 0 radical (unpaired) electrons. The van der Waals surface area contributed by atoms with Crippen LogP contribution in [0.15, 0.2) is 24.3 Å². The van der Waals surface area contributed by atoms with Gasteiger partial charge in [-0.1, -0.05) is 12.1 Å². The van der Waals surface area contributed by atoms with Crippen LogP contribution in [0.1, 0.15) is 15.9 Å². The van der Waals surface area contributed by atoms with E-state index in [1.807, 2.05) is 12.1 Å². The van der Waals surface area contributed by atoms with Crippen molar-refractivity contribution in [2.75, 3.05) is 13.2 Å². The van der Waals surface area contributed by atoms with Gasteiger partial charge in [-0.15, -0.1) is 0 Å². The summed E-state index contributed by atoms with van der Waals surface area (Å²) in [7, 11) is 0. The molecule has 14 heavy (non-hydrogen) atoms. The molecule has 0 aliphatic carbocycles. The minimum absolute atomic E-state index is 0.0404. The number of carbonyl (C=O) groups excluding carboxylic acids is 1. The number of ether oxygens (including phenoxy) is 1. The average Bonchev–Trinajstić information content (AvgIpc) is 2.26. The summed E-state index contributed by atoms with van der Waals surface area (Å²) in [4.78, 5) is 11.3. The Labute approximate surface area is 88.1 Å². The lowest BCUT2D eigenvalue weighted by Gasteiger charge is -2.02. The third-order valence-electron chi connectivity index (χ3n) is 1.72. The van der Waals surface area contributed by atoms with Crippen LogP contribution < -0.4 is 0 Å². The van der Waals surface area contributed by atoms with Gasteiger partial charge in [-0.05, 0) is 24.8 Å². The maximum absolute atomic E-state index is 11.3. The van der Waals surface area contributed by atoms with Gasteiger partial charge in [0.25, 0.3) is 0 Å². The summed E-state index contributed by atoms with van der Waals surface area (Å²) >= 11 is 3.36. The topological polar surface area (TPSA) is 46.5 Å². The number of aliphatic hydroxyl groups excluding tert-OH is 1. The fourth-order valence-corrected chi connectivity index (χ4v) is 1.22. The molecule has 76 valence electrons. The fourth-order valence-electron chi connectivity index (χ4n) is 0.980. The van der Waals surface area contributed by atoms with Crippen molar-refractivity contribution < 1.29 is 14.6 Å². The molecule has 1 aromatic carbocycles. The molecule has 1 aromatic rings. The van der Waals surface area contributed by atoms with Gasteiger partial charge in [-0.2, -0.15) is 0 Å². The molecule has 0 aromatic heterocycles. The Hall–Kier alpha value is -1.00. The largest absolute Gasteiger partial charge is 0.460 e. The van der Waals surface area contributed by atoms with Gasteiger partial charge in [-0.3, -0.25) is 0 Å². The minimum atomic E-state index is -0.403. The molecule has 0 saturated heterocycles. The monoisotopic (exact) mass is 213 g/mol. The molecule has 4 heteroatoms. The zero-order valence-corrected chi connectivity index (χ0v) is 8.69. The Bertz CT molecular complexity index is 295. The quantitative estimate of drug-likeness (QED) is 0.580. The summed E-state index contributed by atoms with van der Waals surface area (Å²) in [5, 5.41) is 8.46. The first-order valence-corrected chi connectivity index (χ1v) is 5.00. The highest BCUT2D eigenvalue weighted by Crippen LogP contribution is 2.05. The molecule has 0 amide bonds. The van der Waals surface area contributed by atoms with Gasteiger partial charge in [0, 0.05) is 5.56 Å². The summed E-state index contributed by atoms with van der Waals surface area (Å²) in [5.74, 6) is 0.353. The van der Waals surface area contributed by atoms with Gasteiger partial charge in [0.2, 0.25) is 0 Å². The van der Waals surface area contributed by atoms with Crippen LogP contribution in [0.25, 0.3) is 0 Å². The van der Waals surface area contributed by atoms with Crippen molar-refractivity contribution in [1.82, 2.24) is 0 Å². The maximum atomic E-state index is 11.3. The number of aliphatic hydroxyl groups is 1. The van der Waals surface area contributed by atoms with E-state index in [2.05, 4.69) is 12.6 Å². The van der Waals surface area contributed by atoms with Crippen molar-refractivity contribution in [3.63, 3.8) is 0 Å². The third-order valence-corrected chi connectivity index (χ3v) is 2.13. The van der Waals surface area contributed by atoms with E-state index < -0.39 is 5.97 Å². The molecule has 0 aliphatic heterocycles. The predicted molar refractivity (Wildman–Crippen MR) is 57.7 cm³/mol. The van der Waals surface area contributed by atoms with E-state index in [1.165, 1.54) is 0 Å². The zero-order chi connectivity index (χ0) is 10.4. The number of esters is 1. The molecular formula is C10H13O3S+. The van der Waals surface area contributed by atoms with Crippen molar-refractivity contribution >= 4 is 18.6 Å². The first-order valence-electron chi connectivity index (χ1n) is 4.29. The standard InChI is InChI=1S/C10H12O3S/c11-5-6-13-10(12)9-3-1-8(7-14)2-4-9/h1-4,11,14H,5-7H2/p+1. The average molecular weight is 213 g/mol. The molecule has 1 N–H and O–H groups in total. The number of hydrogen-bond acceptors (Lipinski definition) is 3. The van der Waals surface area contributed by atoms with E-state index in [0.29, 0.717) is 5.56 Å². The molecule has 0 heterocycles. The van der Waals surface area contributed by atoms with Crippen LogP contribution >= 0.6 is 0 Å². The molecule has 0 spiro atoms. The van der Waals surface area contributed by atoms with Gasteiger partial charge in [0.15, 0.2) is 0 Å². The second kappa shape index (κ2) is 5.67. The lowest BCUT2D eigenvalue weighted by molar-refractivity contribution is 0.0434. The second-order valence-corrected chi connectivity index (χ2v) is 3.09. The zero-order valence-electron chi connectivity index (χ0n) is 7.69. The van der Waals surface area contributed by atoms with Gasteiger partial charge in [0.1, 0.15) is 12.4 Å². The molecule has 0 fully saturated rings. The Morgan fingerprint density at radius 2 is 2.00 bits per heavy atom. The number of rotatable bonds is 4. The summed E-state index contributed by atoms with van der Waals surface area (Å²) in [6.45, 7) is -0.108. The summed E-state index contributed by atoms with van der Waals surface area (Å²) in [6, 6.07) is 7.11. The van der Waals surface area contributed by atoms with Crippen LogP contribution in [-0.4, -0.2) is 24.3 Å². The first kappa shape index (κ1) is 11.1. The molecule has 0 unspecified atom stereocenters. The molecule has 0 atom stereocenters. The van der Waals surface area contributed by atoms with Crippen LogP contribution in [0.4, 0.5) is 0 Å². The van der Waals surface area contributed by atoms with Crippen LogP contribution in [0.3, 0.4) is 0 Å². The van der Waals surface area contributed by atoms with E-state index in [9.17, 15) is 4.79 Å². The van der Waals surface area contributed by atoms with Crippen molar-refractivity contribution in [1.29, 1.82) is 0 Å². The first-order chi connectivity index (χ1) is 6.77. The normalized spacial score (nSPS) is 9.86. The van der Waals surface area contributed by atoms with E-state index in [0.717, 1.165) is 11.3 Å². The molecule has 1 rings (SSSR count). The molecule has 3 nitrogen and oxygen atoms in total. The molecule has 0 saturated carbocycles. The summed E-state index contributed by atoms with van der Waals surface area (Å²) in [5.41, 5.74) is 1.60. The lowest BCUT2D eigenvalue weighted by Crippen LogP contribution is -2.08. The Kier molecular flexibility index (Phi) is 4.49. The van der Waals surface area contributed by atoms with Crippen LogP contribution in [0.2, 0.25) is 0 Å². The number of benzene rings is 1. The van der Waals surface area contributed by atoms with Crippen molar-refractivity contribution in [3.8, 4) is 0 Å². The highest BCUT2D eigenvalue weighted by molar-refractivity contribution is 7.57. The molecule has 0 aliphatic rings. The van der Waals surface area contributed by atoms with Crippen molar-refractivity contribution in [2.45, 2.75) is 5.75 Å². The maximum Gasteiger partial charge on any atom is 0.338 e. The SMILES string of the molecule is O=C(OCCO)c1ccc(C[SH2+])cc1. The molecular weight excluding hydrogens is 200 g/mol. The van der Waals surface area contributed by atoms with Gasteiger partial charge in [-0.25, -0.2) is 4.79 Å². The van der Waals surface area contributed by atoms with Crippen molar-refractivity contribution in [2.24, 2.45) is 0 Å². The fraction of sp³-hybridized carbons (Fsp3) is 0.300. The highest BCUT2D eigenvalue weighted by atomic mass is 32.1. The van der Waals surface area contributed by atoms with Gasteiger partial charge in [0.05, 0.1) is 12.2 Å². The van der Waals surface area contributed by atoms with E-state index >= 15 is 0 Å². The minimum Gasteiger partial charge on any atom is -0.460 e. The van der Waals surface area contributed by atoms with Gasteiger partial charge >= 0.3 is 5.97 Å². The van der Waals surface area contributed by atoms with Gasteiger partial charge < -0.3 is 9.84 Å². The number of carbonyl (C=O) groups is 1. The highest BCUT2D eigenvalue weighted by Gasteiger charge is 2.05. The van der Waals surface area contributed by atoms with E-state index in [1.54, 1.807) is 12.1 Å². The Morgan fingerprint density at radius 3 is 2.50 bits per heavy atom. The van der Waals surface area contributed by atoms with Crippen LogP contribution in [0, 0.1) is 0 Å². The number of hydrogen-bond donors (Lipinski definition) is 1.